The van der Waals surface area contributed by atoms with Crippen molar-refractivity contribution in [3.8, 4) is 0 Å². The van der Waals surface area contributed by atoms with Crippen LogP contribution < -0.4 is 0 Å². The van der Waals surface area contributed by atoms with E-state index >= 15 is 0 Å². The molecule has 2 aliphatic rings. The average molecular weight is 314 g/mol. The molecule has 2 aromatic heterocycles. The number of rotatable bonds is 4. The lowest BCUT2D eigenvalue weighted by molar-refractivity contribution is 0.0753. The van der Waals surface area contributed by atoms with Gasteiger partial charge in [0.2, 0.25) is 0 Å². The molecule has 0 aromatic carbocycles. The van der Waals surface area contributed by atoms with Crippen molar-refractivity contribution in [2.45, 2.75) is 38.5 Å². The molecule has 1 saturated heterocycles. The molecular weight excluding hydrogens is 292 g/mol. The second-order valence-corrected chi connectivity index (χ2v) is 7.03. The molecule has 23 heavy (non-hydrogen) atoms. The van der Waals surface area contributed by atoms with E-state index < -0.39 is 0 Å². The molecule has 0 unspecified atom stereocenters. The summed E-state index contributed by atoms with van der Waals surface area (Å²) >= 11 is 0. The second kappa shape index (κ2) is 5.51. The smallest absolute Gasteiger partial charge is 0.289 e. The lowest BCUT2D eigenvalue weighted by Gasteiger charge is -2.14. The molecule has 1 saturated carbocycles. The number of carbonyl (C=O) groups is 1. The van der Waals surface area contributed by atoms with Gasteiger partial charge >= 0.3 is 0 Å². The van der Waals surface area contributed by atoms with Crippen molar-refractivity contribution in [2.75, 3.05) is 13.1 Å². The number of H-pyrrole nitrogens is 1. The van der Waals surface area contributed by atoms with Crippen molar-refractivity contribution < 1.29 is 9.21 Å². The molecule has 0 spiro atoms. The molecule has 0 bridgehead atoms. The van der Waals surface area contributed by atoms with Crippen molar-refractivity contribution in [2.24, 2.45) is 11.8 Å². The largest absolute Gasteiger partial charge is 0.459 e. The zero-order valence-electron chi connectivity index (χ0n) is 13.5. The van der Waals surface area contributed by atoms with Gasteiger partial charge in [0.05, 0.1) is 6.26 Å². The maximum Gasteiger partial charge on any atom is 0.289 e. The van der Waals surface area contributed by atoms with Gasteiger partial charge in [-0.25, -0.2) is 4.98 Å². The third-order valence-electron chi connectivity index (χ3n) is 5.00. The van der Waals surface area contributed by atoms with E-state index in [0.29, 0.717) is 30.1 Å². The fourth-order valence-electron chi connectivity index (χ4n) is 3.55. The number of aromatic nitrogens is 3. The minimum absolute atomic E-state index is 0.0215. The Bertz CT molecular complexity index is 687. The molecule has 1 amide bonds. The van der Waals surface area contributed by atoms with Crippen LogP contribution in [-0.4, -0.2) is 39.1 Å². The van der Waals surface area contributed by atoms with Crippen molar-refractivity contribution in [3.63, 3.8) is 0 Å². The first-order chi connectivity index (χ1) is 11.1. The van der Waals surface area contributed by atoms with Crippen LogP contribution in [0.5, 0.6) is 0 Å². The summed E-state index contributed by atoms with van der Waals surface area (Å²) in [6.45, 7) is 5.65. The quantitative estimate of drug-likeness (QED) is 0.941. The summed E-state index contributed by atoms with van der Waals surface area (Å²) in [5, 5.41) is 7.45. The second-order valence-electron chi connectivity index (χ2n) is 7.03. The summed E-state index contributed by atoms with van der Waals surface area (Å²) < 4.78 is 5.27. The van der Waals surface area contributed by atoms with E-state index in [9.17, 15) is 4.79 Å². The Morgan fingerprint density at radius 1 is 1.39 bits per heavy atom. The normalized spacial score (nSPS) is 24.6. The van der Waals surface area contributed by atoms with Crippen LogP contribution >= 0.6 is 0 Å². The van der Waals surface area contributed by atoms with Gasteiger partial charge in [-0.05, 0) is 36.8 Å². The molecule has 2 aromatic rings. The Morgan fingerprint density at radius 3 is 2.83 bits per heavy atom. The maximum atomic E-state index is 12.6. The number of amides is 1. The van der Waals surface area contributed by atoms with Gasteiger partial charge in [0.25, 0.3) is 5.91 Å². The van der Waals surface area contributed by atoms with Crippen LogP contribution in [0.25, 0.3) is 0 Å². The predicted molar refractivity (Wildman–Crippen MR) is 84.0 cm³/mol. The summed E-state index contributed by atoms with van der Waals surface area (Å²) in [4.78, 5) is 19.2. The number of nitrogens with one attached hydrogen (secondary N) is 1. The van der Waals surface area contributed by atoms with Crippen LogP contribution in [0.3, 0.4) is 0 Å². The molecule has 2 fully saturated rings. The summed E-state index contributed by atoms with van der Waals surface area (Å²) in [7, 11) is 0. The van der Waals surface area contributed by atoms with E-state index in [1.807, 2.05) is 4.90 Å². The van der Waals surface area contributed by atoms with E-state index in [1.54, 1.807) is 18.4 Å². The fraction of sp³-hybridized carbons (Fsp3) is 0.588. The summed E-state index contributed by atoms with van der Waals surface area (Å²) in [5.41, 5.74) is 0. The van der Waals surface area contributed by atoms with Crippen LogP contribution in [-0.2, 0) is 0 Å². The van der Waals surface area contributed by atoms with Gasteiger partial charge in [-0.2, -0.15) is 5.10 Å². The molecule has 6 nitrogen and oxygen atoms in total. The summed E-state index contributed by atoms with van der Waals surface area (Å²) in [6, 6.07) is 3.48. The molecule has 0 radical (unpaired) electrons. The molecule has 6 heteroatoms. The first-order valence-electron chi connectivity index (χ1n) is 8.38. The molecule has 4 rings (SSSR count). The molecule has 2 atom stereocenters. The Kier molecular flexibility index (Phi) is 3.47. The average Bonchev–Trinajstić information content (AvgIpc) is 3.03. The highest BCUT2D eigenvalue weighted by atomic mass is 16.3. The van der Waals surface area contributed by atoms with Gasteiger partial charge in [-0.1, -0.05) is 13.8 Å². The first kappa shape index (κ1) is 14.5. The Labute approximate surface area is 135 Å². The minimum Gasteiger partial charge on any atom is -0.459 e. The van der Waals surface area contributed by atoms with Crippen molar-refractivity contribution in [1.29, 1.82) is 0 Å². The lowest BCUT2D eigenvalue weighted by Crippen LogP contribution is -2.28. The predicted octanol–water partition coefficient (Wildman–Crippen LogP) is 2.79. The van der Waals surface area contributed by atoms with E-state index in [1.165, 1.54) is 12.8 Å². The topological polar surface area (TPSA) is 75.0 Å². The van der Waals surface area contributed by atoms with E-state index in [-0.39, 0.29) is 11.8 Å². The van der Waals surface area contributed by atoms with Gasteiger partial charge in [0, 0.05) is 24.9 Å². The van der Waals surface area contributed by atoms with Crippen molar-refractivity contribution in [3.05, 3.63) is 35.8 Å². The monoisotopic (exact) mass is 314 g/mol. The van der Waals surface area contributed by atoms with Gasteiger partial charge in [-0.15, -0.1) is 0 Å². The molecule has 1 aliphatic carbocycles. The van der Waals surface area contributed by atoms with Crippen LogP contribution in [0.1, 0.15) is 60.7 Å². The highest BCUT2D eigenvalue weighted by molar-refractivity contribution is 5.91. The SMILES string of the molecule is CC(C)c1n[nH]c([C@H]2CN(C(=O)c3ccco3)C[C@@H]2C2CC2)n1. The first-order valence-corrected chi connectivity index (χ1v) is 8.38. The summed E-state index contributed by atoms with van der Waals surface area (Å²) in [6.07, 6.45) is 4.06. The summed E-state index contributed by atoms with van der Waals surface area (Å²) in [5.74, 6) is 3.92. The zero-order chi connectivity index (χ0) is 16.0. The molecule has 122 valence electrons. The van der Waals surface area contributed by atoms with E-state index in [0.717, 1.165) is 18.2 Å². The van der Waals surface area contributed by atoms with Crippen molar-refractivity contribution >= 4 is 5.91 Å². The minimum atomic E-state index is -0.0215. The Balaban J connectivity index is 1.56. The van der Waals surface area contributed by atoms with Crippen LogP contribution in [0.4, 0.5) is 0 Å². The number of likely N-dealkylation sites (tertiary alicyclic amines) is 1. The number of nitrogens with zero attached hydrogens (tertiary/aromatic N) is 3. The highest BCUT2D eigenvalue weighted by Gasteiger charge is 2.46. The van der Waals surface area contributed by atoms with Crippen LogP contribution in [0, 0.1) is 11.8 Å². The molecule has 1 aliphatic heterocycles. The Hall–Kier alpha value is -2.11. The van der Waals surface area contributed by atoms with Gasteiger partial charge in [-0.3, -0.25) is 9.89 Å². The van der Waals surface area contributed by atoms with Crippen molar-refractivity contribution in [1.82, 2.24) is 20.1 Å². The molecule has 3 heterocycles. The number of furan rings is 1. The maximum absolute atomic E-state index is 12.6. The Morgan fingerprint density at radius 2 is 2.22 bits per heavy atom. The van der Waals surface area contributed by atoms with Gasteiger partial charge < -0.3 is 9.32 Å². The van der Waals surface area contributed by atoms with Gasteiger partial charge in [0.15, 0.2) is 11.6 Å². The number of carbonyl (C=O) groups excluding carboxylic acids is 1. The number of hydrogen-bond acceptors (Lipinski definition) is 4. The third kappa shape index (κ3) is 2.66. The fourth-order valence-corrected chi connectivity index (χ4v) is 3.55. The third-order valence-corrected chi connectivity index (χ3v) is 5.00. The highest BCUT2D eigenvalue weighted by Crippen LogP contribution is 2.47. The standard InChI is InChI=1S/C17H22N4O2/c1-10(2)15-18-16(20-19-15)13-9-21(8-12(13)11-5-6-11)17(22)14-4-3-7-23-14/h3-4,7,10-13H,5-6,8-9H2,1-2H3,(H,18,19,20)/t12-,13+/m1/s1. The lowest BCUT2D eigenvalue weighted by atomic mass is 9.91. The number of aromatic amines is 1. The molecule has 1 N–H and O–H groups in total. The van der Waals surface area contributed by atoms with Gasteiger partial charge in [0.1, 0.15) is 5.82 Å². The van der Waals surface area contributed by atoms with E-state index in [2.05, 4.69) is 29.0 Å². The van der Waals surface area contributed by atoms with E-state index in [4.69, 9.17) is 4.42 Å². The zero-order valence-corrected chi connectivity index (χ0v) is 13.5. The van der Waals surface area contributed by atoms with Crippen LogP contribution in [0.15, 0.2) is 22.8 Å². The number of hydrogen-bond donors (Lipinski definition) is 1. The molecular formula is C17H22N4O2. The van der Waals surface area contributed by atoms with Crippen LogP contribution in [0.2, 0.25) is 0 Å².